The molecule has 0 aliphatic carbocycles. The van der Waals surface area contributed by atoms with Crippen molar-refractivity contribution < 1.29 is 30.9 Å². The first kappa shape index (κ1) is 21.1. The third kappa shape index (κ3) is 3.81. The Morgan fingerprint density at radius 2 is 1.74 bits per heavy atom. The van der Waals surface area contributed by atoms with Gasteiger partial charge in [0.05, 0.1) is 11.2 Å². The Bertz CT molecular complexity index is 791. The SMILES string of the molecule is CC1(C)OB(c2ccc(S(=O)(=O)N3CCCCC3C(F)(F)F)s2)OC1(C)C. The van der Waals surface area contributed by atoms with Crippen molar-refractivity contribution in [3.63, 3.8) is 0 Å². The van der Waals surface area contributed by atoms with E-state index >= 15 is 0 Å². The summed E-state index contributed by atoms with van der Waals surface area (Å²) in [6, 6.07) is 0.910. The number of sulfonamides is 1. The Balaban J connectivity index is 1.87. The minimum absolute atomic E-state index is 0.122. The van der Waals surface area contributed by atoms with Crippen LogP contribution >= 0.6 is 11.3 Å². The molecular weight excluding hydrogens is 402 g/mol. The quantitative estimate of drug-likeness (QED) is 0.699. The van der Waals surface area contributed by atoms with Gasteiger partial charge in [0.15, 0.2) is 0 Å². The molecule has 2 aliphatic rings. The van der Waals surface area contributed by atoms with Gasteiger partial charge in [-0.05, 0) is 46.6 Å². The molecule has 11 heteroatoms. The first-order valence-electron chi connectivity index (χ1n) is 8.80. The molecule has 152 valence electrons. The van der Waals surface area contributed by atoms with E-state index < -0.39 is 40.6 Å². The Morgan fingerprint density at radius 1 is 1.15 bits per heavy atom. The minimum atomic E-state index is -4.58. The summed E-state index contributed by atoms with van der Waals surface area (Å²) < 4.78 is 78.5. The monoisotopic (exact) mass is 425 g/mol. The van der Waals surface area contributed by atoms with Crippen LogP contribution in [0.15, 0.2) is 16.3 Å². The molecular formula is C16H23BF3NO4S2. The average Bonchev–Trinajstić information content (AvgIpc) is 3.10. The van der Waals surface area contributed by atoms with Gasteiger partial charge in [0.2, 0.25) is 0 Å². The molecule has 0 amide bonds. The fourth-order valence-electron chi connectivity index (χ4n) is 3.19. The smallest absolute Gasteiger partial charge is 0.399 e. The van der Waals surface area contributed by atoms with E-state index in [0.29, 0.717) is 21.9 Å². The van der Waals surface area contributed by atoms with Crippen molar-refractivity contribution in [3.8, 4) is 0 Å². The summed E-state index contributed by atoms with van der Waals surface area (Å²) >= 11 is 0.898. The summed E-state index contributed by atoms with van der Waals surface area (Å²) in [5.74, 6) is 0. The van der Waals surface area contributed by atoms with E-state index in [1.54, 1.807) is 6.07 Å². The maximum absolute atomic E-state index is 13.3. The summed E-state index contributed by atoms with van der Waals surface area (Å²) in [7, 11) is -4.99. The first-order chi connectivity index (χ1) is 12.3. The van der Waals surface area contributed by atoms with Crippen LogP contribution in [-0.2, 0) is 19.3 Å². The first-order valence-corrected chi connectivity index (χ1v) is 11.1. The summed E-state index contributed by atoms with van der Waals surface area (Å²) in [4.78, 5) is 0. The molecule has 0 spiro atoms. The van der Waals surface area contributed by atoms with Crippen LogP contribution in [0.3, 0.4) is 0 Å². The van der Waals surface area contributed by atoms with E-state index in [0.717, 1.165) is 11.3 Å². The van der Waals surface area contributed by atoms with Gasteiger partial charge in [-0.25, -0.2) is 8.42 Å². The van der Waals surface area contributed by atoms with Crippen LogP contribution < -0.4 is 4.78 Å². The minimum Gasteiger partial charge on any atom is -0.399 e. The van der Waals surface area contributed by atoms with Crippen molar-refractivity contribution in [1.82, 2.24) is 4.31 Å². The van der Waals surface area contributed by atoms with Crippen molar-refractivity contribution in [3.05, 3.63) is 12.1 Å². The van der Waals surface area contributed by atoms with Gasteiger partial charge in [-0.3, -0.25) is 0 Å². The lowest BCUT2D eigenvalue weighted by Crippen LogP contribution is -2.51. The number of alkyl halides is 3. The van der Waals surface area contributed by atoms with E-state index in [4.69, 9.17) is 9.31 Å². The fourth-order valence-corrected chi connectivity index (χ4v) is 6.29. The van der Waals surface area contributed by atoms with Gasteiger partial charge in [0.1, 0.15) is 10.3 Å². The molecule has 3 heterocycles. The van der Waals surface area contributed by atoms with Crippen LogP contribution in [0.4, 0.5) is 13.2 Å². The van der Waals surface area contributed by atoms with E-state index in [1.807, 2.05) is 27.7 Å². The highest BCUT2D eigenvalue weighted by Gasteiger charge is 2.53. The highest BCUT2D eigenvalue weighted by atomic mass is 32.2. The number of hydrogen-bond acceptors (Lipinski definition) is 5. The van der Waals surface area contributed by atoms with Crippen LogP contribution in [0.1, 0.15) is 47.0 Å². The van der Waals surface area contributed by atoms with Gasteiger partial charge < -0.3 is 9.31 Å². The fraction of sp³-hybridized carbons (Fsp3) is 0.750. The van der Waals surface area contributed by atoms with Gasteiger partial charge in [0, 0.05) is 11.3 Å². The third-order valence-electron chi connectivity index (χ3n) is 5.48. The average molecular weight is 425 g/mol. The molecule has 1 aromatic rings. The molecule has 1 unspecified atom stereocenters. The van der Waals surface area contributed by atoms with Crippen LogP contribution in [0, 0.1) is 0 Å². The zero-order chi connectivity index (χ0) is 20.3. The van der Waals surface area contributed by atoms with E-state index in [-0.39, 0.29) is 17.2 Å². The summed E-state index contributed by atoms with van der Waals surface area (Å²) in [6.45, 7) is 7.37. The van der Waals surface area contributed by atoms with Crippen molar-refractivity contribution >= 4 is 33.3 Å². The largest absolute Gasteiger partial charge is 0.505 e. The Morgan fingerprint density at radius 3 is 2.30 bits per heavy atom. The van der Waals surface area contributed by atoms with Gasteiger partial charge >= 0.3 is 13.3 Å². The molecule has 0 bridgehead atoms. The maximum Gasteiger partial charge on any atom is 0.505 e. The Hall–Kier alpha value is -0.615. The van der Waals surface area contributed by atoms with Gasteiger partial charge in [-0.1, -0.05) is 12.5 Å². The second kappa shape index (κ2) is 6.72. The van der Waals surface area contributed by atoms with Gasteiger partial charge in [-0.2, -0.15) is 17.5 Å². The molecule has 1 atom stereocenters. The Kier molecular flexibility index (Phi) is 5.25. The maximum atomic E-state index is 13.3. The molecule has 3 rings (SSSR count). The highest BCUT2D eigenvalue weighted by molar-refractivity contribution is 7.91. The molecule has 0 saturated carbocycles. The van der Waals surface area contributed by atoms with Crippen LogP contribution in [0.2, 0.25) is 0 Å². The number of piperidine rings is 1. The number of thiophene rings is 1. The van der Waals surface area contributed by atoms with Gasteiger partial charge in [0.25, 0.3) is 10.0 Å². The van der Waals surface area contributed by atoms with Gasteiger partial charge in [-0.15, -0.1) is 11.3 Å². The summed E-state index contributed by atoms with van der Waals surface area (Å²) in [5, 5.41) is 0. The lowest BCUT2D eigenvalue weighted by atomic mass is 9.88. The van der Waals surface area contributed by atoms with Crippen LogP contribution in [-0.4, -0.2) is 49.8 Å². The number of nitrogens with zero attached hydrogens (tertiary/aromatic N) is 1. The number of hydrogen-bond donors (Lipinski definition) is 0. The Labute approximate surface area is 162 Å². The summed E-state index contributed by atoms with van der Waals surface area (Å²) in [5.41, 5.74) is -1.18. The van der Waals surface area contributed by atoms with E-state index in [1.165, 1.54) is 6.07 Å². The van der Waals surface area contributed by atoms with Crippen molar-refractivity contribution in [1.29, 1.82) is 0 Å². The predicted molar refractivity (Wildman–Crippen MR) is 97.6 cm³/mol. The molecule has 2 fully saturated rings. The number of halogens is 3. The molecule has 0 aromatic carbocycles. The van der Waals surface area contributed by atoms with Crippen molar-refractivity contribution in [2.45, 2.75) is 74.6 Å². The zero-order valence-electron chi connectivity index (χ0n) is 15.7. The topological polar surface area (TPSA) is 55.8 Å². The van der Waals surface area contributed by atoms with E-state index in [2.05, 4.69) is 0 Å². The van der Waals surface area contributed by atoms with Crippen molar-refractivity contribution in [2.75, 3.05) is 6.54 Å². The zero-order valence-corrected chi connectivity index (χ0v) is 17.3. The van der Waals surface area contributed by atoms with Crippen LogP contribution in [0.5, 0.6) is 0 Å². The molecule has 0 radical (unpaired) electrons. The predicted octanol–water partition coefficient (Wildman–Crippen LogP) is 3.15. The third-order valence-corrected chi connectivity index (χ3v) is 8.96. The van der Waals surface area contributed by atoms with Crippen LogP contribution in [0.25, 0.3) is 0 Å². The van der Waals surface area contributed by atoms with E-state index in [9.17, 15) is 21.6 Å². The lowest BCUT2D eigenvalue weighted by Gasteiger charge is -2.35. The second-order valence-corrected chi connectivity index (χ2v) is 11.1. The molecule has 0 N–H and O–H groups in total. The highest BCUT2D eigenvalue weighted by Crippen LogP contribution is 2.39. The lowest BCUT2D eigenvalue weighted by molar-refractivity contribution is -0.177. The van der Waals surface area contributed by atoms with Crippen molar-refractivity contribution in [2.24, 2.45) is 0 Å². The standard InChI is InChI=1S/C16H23BF3NO4S2/c1-14(2)15(3,4)25-17(24-14)12-8-9-13(26-12)27(22,23)21-10-6-5-7-11(21)16(18,19)20/h8-9,11H,5-7,10H2,1-4H3. The molecule has 2 saturated heterocycles. The molecule has 1 aromatic heterocycles. The molecule has 2 aliphatic heterocycles. The number of rotatable bonds is 3. The molecule has 27 heavy (non-hydrogen) atoms. The molecule has 5 nitrogen and oxygen atoms in total. The second-order valence-electron chi connectivity index (χ2n) is 7.91. The summed E-state index contributed by atoms with van der Waals surface area (Å²) in [6.07, 6.45) is -4.02. The normalized spacial score (nSPS) is 26.5.